The van der Waals surface area contributed by atoms with Gasteiger partial charge in [-0.1, -0.05) is 28.1 Å². The third-order valence-corrected chi connectivity index (χ3v) is 5.64. The highest BCUT2D eigenvalue weighted by Gasteiger charge is 2.32. The van der Waals surface area contributed by atoms with Crippen LogP contribution < -0.4 is 0 Å². The number of hydrogen-bond donors (Lipinski definition) is 0. The van der Waals surface area contributed by atoms with Gasteiger partial charge in [-0.3, -0.25) is 0 Å². The Kier molecular flexibility index (Phi) is 5.29. The van der Waals surface area contributed by atoms with Crippen molar-refractivity contribution >= 4 is 50.5 Å². The fourth-order valence-electron chi connectivity index (χ4n) is 1.96. The highest BCUT2D eigenvalue weighted by Crippen LogP contribution is 2.33. The summed E-state index contributed by atoms with van der Waals surface area (Å²) in [7, 11) is 0. The van der Waals surface area contributed by atoms with Crippen molar-refractivity contribution in [2.45, 2.75) is 18.8 Å². The lowest BCUT2D eigenvalue weighted by Gasteiger charge is -2.29. The van der Waals surface area contributed by atoms with Crippen molar-refractivity contribution < 1.29 is 0 Å². The maximum atomic E-state index is 6.24. The number of nitrogens with zero attached hydrogens (tertiary/aromatic N) is 1. The van der Waals surface area contributed by atoms with E-state index in [2.05, 4.69) is 38.4 Å². The molecule has 0 saturated carbocycles. The molecule has 1 nitrogen and oxygen atoms in total. The van der Waals surface area contributed by atoms with Crippen LogP contribution in [-0.2, 0) is 11.8 Å². The van der Waals surface area contributed by atoms with Gasteiger partial charge in [0.25, 0.3) is 0 Å². The van der Waals surface area contributed by atoms with Crippen LogP contribution in [0.4, 0.5) is 0 Å². The number of benzene rings is 1. The Morgan fingerprint density at radius 3 is 2.32 bits per heavy atom. The minimum atomic E-state index is -0.256. The molecule has 0 aliphatic carbocycles. The molecule has 5 heteroatoms. The first-order valence-electron chi connectivity index (χ1n) is 5.88. The van der Waals surface area contributed by atoms with Crippen molar-refractivity contribution in [3.63, 3.8) is 0 Å². The molecule has 1 heterocycles. The van der Waals surface area contributed by atoms with Gasteiger partial charge in [0.2, 0.25) is 0 Å². The molecule has 0 atom stereocenters. The first-order valence-corrected chi connectivity index (χ1v) is 8.63. The molecule has 1 aromatic carbocycles. The number of alkyl halides is 2. The Bertz CT molecular complexity index is 535. The zero-order valence-corrected chi connectivity index (χ0v) is 14.4. The molecule has 0 fully saturated rings. The average Bonchev–Trinajstić information content (AvgIpc) is 2.82. The molecule has 0 N–H and O–H groups in total. The summed E-state index contributed by atoms with van der Waals surface area (Å²) in [5.74, 6) is 0.966. The summed E-state index contributed by atoms with van der Waals surface area (Å²) in [4.78, 5) is 4.53. The highest BCUT2D eigenvalue weighted by molar-refractivity contribution is 9.10. The van der Waals surface area contributed by atoms with E-state index in [0.29, 0.717) is 11.8 Å². The maximum Gasteiger partial charge on any atom is 0.0937 e. The van der Waals surface area contributed by atoms with E-state index in [1.165, 1.54) is 0 Å². The molecule has 2 rings (SSSR count). The maximum absolute atomic E-state index is 6.24. The van der Waals surface area contributed by atoms with Gasteiger partial charge < -0.3 is 0 Å². The van der Waals surface area contributed by atoms with Crippen LogP contribution in [0.5, 0.6) is 0 Å². The largest absolute Gasteiger partial charge is 0.247 e. The van der Waals surface area contributed by atoms with Crippen molar-refractivity contribution in [1.82, 2.24) is 4.98 Å². The normalized spacial score (nSPS) is 11.8. The van der Waals surface area contributed by atoms with Crippen LogP contribution in [-0.4, -0.2) is 16.7 Å². The van der Waals surface area contributed by atoms with Crippen LogP contribution in [0.2, 0.25) is 0 Å². The lowest BCUT2D eigenvalue weighted by atomic mass is 9.81. The minimum Gasteiger partial charge on any atom is -0.247 e. The third-order valence-electron chi connectivity index (χ3n) is 3.12. The summed E-state index contributed by atoms with van der Waals surface area (Å²) in [6.45, 7) is 2.00. The number of aromatic nitrogens is 1. The Hall–Kier alpha value is -0.0900. The second-order valence-corrected chi connectivity index (χ2v) is 7.01. The van der Waals surface area contributed by atoms with E-state index in [0.717, 1.165) is 27.2 Å². The first-order chi connectivity index (χ1) is 9.09. The van der Waals surface area contributed by atoms with E-state index < -0.39 is 0 Å². The molecular formula is C14H14BrCl2NS. The van der Waals surface area contributed by atoms with Crippen molar-refractivity contribution in [1.29, 1.82) is 0 Å². The van der Waals surface area contributed by atoms with E-state index in [-0.39, 0.29) is 5.41 Å². The van der Waals surface area contributed by atoms with Crippen LogP contribution in [0.1, 0.15) is 16.3 Å². The average molecular weight is 379 g/mol. The molecule has 0 radical (unpaired) electrons. The Morgan fingerprint density at radius 1 is 1.21 bits per heavy atom. The quantitative estimate of drug-likeness (QED) is 0.653. The molecule has 2 aromatic rings. The van der Waals surface area contributed by atoms with Gasteiger partial charge in [0.15, 0.2) is 0 Å². The zero-order chi connectivity index (χ0) is 13.9. The third kappa shape index (κ3) is 3.52. The molecule has 1 aromatic heterocycles. The number of hydrogen-bond acceptors (Lipinski definition) is 2. The van der Waals surface area contributed by atoms with Crippen molar-refractivity contribution in [3.05, 3.63) is 50.4 Å². The second kappa shape index (κ2) is 6.57. The topological polar surface area (TPSA) is 12.9 Å². The lowest BCUT2D eigenvalue weighted by molar-refractivity contribution is 0.534. The summed E-state index contributed by atoms with van der Waals surface area (Å²) in [5.41, 5.74) is 1.95. The molecule has 0 unspecified atom stereocenters. The number of thiazole rings is 1. The van der Waals surface area contributed by atoms with Gasteiger partial charge in [-0.15, -0.1) is 34.5 Å². The zero-order valence-electron chi connectivity index (χ0n) is 10.5. The van der Waals surface area contributed by atoms with E-state index >= 15 is 0 Å². The summed E-state index contributed by atoms with van der Waals surface area (Å²) >= 11 is 17.6. The number of rotatable bonds is 5. The van der Waals surface area contributed by atoms with E-state index in [4.69, 9.17) is 23.2 Å². The lowest BCUT2D eigenvalue weighted by Crippen LogP contribution is -2.33. The molecule has 0 saturated heterocycles. The van der Waals surface area contributed by atoms with Gasteiger partial charge in [-0.2, -0.15) is 0 Å². The van der Waals surface area contributed by atoms with Crippen molar-refractivity contribution in [2.75, 3.05) is 11.8 Å². The molecule has 0 aliphatic rings. The molecule has 0 spiro atoms. The highest BCUT2D eigenvalue weighted by atomic mass is 79.9. The molecule has 19 heavy (non-hydrogen) atoms. The van der Waals surface area contributed by atoms with Gasteiger partial charge >= 0.3 is 0 Å². The molecular weight excluding hydrogens is 365 g/mol. The summed E-state index contributed by atoms with van der Waals surface area (Å²) in [6.07, 6.45) is 0.778. The van der Waals surface area contributed by atoms with Crippen LogP contribution in [0, 0.1) is 6.92 Å². The summed E-state index contributed by atoms with van der Waals surface area (Å²) in [6, 6.07) is 8.21. The summed E-state index contributed by atoms with van der Waals surface area (Å²) < 4.78 is 1.05. The fraction of sp³-hybridized carbons (Fsp3) is 0.357. The van der Waals surface area contributed by atoms with Gasteiger partial charge in [0, 0.05) is 39.1 Å². The van der Waals surface area contributed by atoms with Gasteiger partial charge in [-0.25, -0.2) is 4.98 Å². The van der Waals surface area contributed by atoms with E-state index in [1.54, 1.807) is 11.3 Å². The van der Waals surface area contributed by atoms with Gasteiger partial charge in [-0.05, 0) is 24.6 Å². The molecule has 102 valence electrons. The van der Waals surface area contributed by atoms with E-state index in [1.807, 2.05) is 19.1 Å². The number of aryl methyl sites for hydroxylation is 1. The standard InChI is InChI=1S/C14H14BrCl2NS/c1-10-7-19-13(18-10)6-14(8-16,9-17)11-2-4-12(15)5-3-11/h2-5,7H,6,8-9H2,1H3. The monoisotopic (exact) mass is 377 g/mol. The first kappa shape index (κ1) is 15.3. The Morgan fingerprint density at radius 2 is 1.84 bits per heavy atom. The minimum absolute atomic E-state index is 0.256. The van der Waals surface area contributed by atoms with Crippen LogP contribution in [0.25, 0.3) is 0 Å². The smallest absolute Gasteiger partial charge is 0.0937 e. The molecule has 0 amide bonds. The van der Waals surface area contributed by atoms with Crippen LogP contribution >= 0.6 is 50.5 Å². The van der Waals surface area contributed by atoms with Crippen molar-refractivity contribution in [2.24, 2.45) is 0 Å². The predicted molar refractivity (Wildman–Crippen MR) is 87.8 cm³/mol. The predicted octanol–water partition coefficient (Wildman–Crippen LogP) is 5.17. The Balaban J connectivity index is 2.33. The van der Waals surface area contributed by atoms with E-state index in [9.17, 15) is 0 Å². The molecule has 0 aliphatic heterocycles. The van der Waals surface area contributed by atoms with Crippen LogP contribution in [0.15, 0.2) is 34.1 Å². The van der Waals surface area contributed by atoms with Gasteiger partial charge in [0.05, 0.1) is 5.01 Å². The second-order valence-electron chi connectivity index (χ2n) is 4.61. The number of halogens is 3. The van der Waals surface area contributed by atoms with Gasteiger partial charge in [0.1, 0.15) is 0 Å². The van der Waals surface area contributed by atoms with Crippen molar-refractivity contribution in [3.8, 4) is 0 Å². The SMILES string of the molecule is Cc1csc(CC(CCl)(CCl)c2ccc(Br)cc2)n1. The fourth-order valence-corrected chi connectivity index (χ4v) is 3.93. The summed E-state index contributed by atoms with van der Waals surface area (Å²) in [5, 5.41) is 3.14. The molecule has 0 bridgehead atoms. The Labute approximate surface area is 136 Å². The van der Waals surface area contributed by atoms with Crippen LogP contribution in [0.3, 0.4) is 0 Å².